The number of aryl methyl sites for hydroxylation is 2. The number of aromatic nitrogens is 2. The number of hydrogen-bond acceptors (Lipinski definition) is 4. The molecule has 1 aromatic heterocycles. The molecule has 1 heterocycles. The summed E-state index contributed by atoms with van der Waals surface area (Å²) in [5.74, 6) is 0. The fourth-order valence-corrected chi connectivity index (χ4v) is 3.96. The smallest absolute Gasteiger partial charge is 0.244 e. The van der Waals surface area contributed by atoms with Crippen molar-refractivity contribution in [3.05, 3.63) is 11.4 Å². The third kappa shape index (κ3) is 4.28. The van der Waals surface area contributed by atoms with Crippen molar-refractivity contribution in [2.45, 2.75) is 63.9 Å². The second-order valence-corrected chi connectivity index (χ2v) is 7.41. The van der Waals surface area contributed by atoms with Crippen LogP contribution in [0.3, 0.4) is 0 Å². The predicted molar refractivity (Wildman–Crippen MR) is 82.8 cm³/mol. The Morgan fingerprint density at radius 3 is 2.62 bits per heavy atom. The zero-order chi connectivity index (χ0) is 15.5. The number of nitrogens with zero attached hydrogens (tertiary/aromatic N) is 2. The van der Waals surface area contributed by atoms with E-state index in [0.717, 1.165) is 31.6 Å². The molecule has 0 aliphatic heterocycles. The van der Waals surface area contributed by atoms with Crippen LogP contribution in [0.5, 0.6) is 0 Å². The lowest BCUT2D eigenvalue weighted by Gasteiger charge is -2.07. The molecule has 21 heavy (non-hydrogen) atoms. The van der Waals surface area contributed by atoms with Crippen LogP contribution in [0.1, 0.15) is 44.0 Å². The summed E-state index contributed by atoms with van der Waals surface area (Å²) in [5.41, 5.74) is 1.30. The lowest BCUT2D eigenvalue weighted by atomic mass is 10.3. The molecule has 2 rings (SSSR count). The molecule has 0 spiro atoms. The molecule has 120 valence electrons. The molecule has 1 fully saturated rings. The summed E-state index contributed by atoms with van der Waals surface area (Å²) in [6.45, 7) is 7.69. The van der Waals surface area contributed by atoms with Gasteiger partial charge in [-0.3, -0.25) is 4.68 Å². The van der Waals surface area contributed by atoms with Gasteiger partial charge in [0.1, 0.15) is 4.90 Å². The molecule has 1 saturated carbocycles. The molecule has 0 saturated heterocycles. The first-order chi connectivity index (χ1) is 9.95. The zero-order valence-electron chi connectivity index (χ0n) is 13.1. The summed E-state index contributed by atoms with van der Waals surface area (Å²) in [7, 11) is -3.45. The Hall–Kier alpha value is -0.920. The molecule has 0 atom stereocenters. The lowest BCUT2D eigenvalue weighted by molar-refractivity contribution is 0.529. The first-order valence-electron chi connectivity index (χ1n) is 7.72. The highest BCUT2D eigenvalue weighted by Gasteiger charge is 2.24. The summed E-state index contributed by atoms with van der Waals surface area (Å²) in [6.07, 6.45) is 4.30. The first-order valence-corrected chi connectivity index (χ1v) is 9.21. The average molecular weight is 314 g/mol. The van der Waals surface area contributed by atoms with Crippen LogP contribution in [0.4, 0.5) is 0 Å². The molecule has 1 aliphatic rings. The van der Waals surface area contributed by atoms with Crippen molar-refractivity contribution in [2.24, 2.45) is 0 Å². The largest absolute Gasteiger partial charge is 0.314 e. The first kappa shape index (κ1) is 16.5. The Morgan fingerprint density at radius 2 is 2.00 bits per heavy atom. The van der Waals surface area contributed by atoms with Crippen LogP contribution in [0.15, 0.2) is 4.90 Å². The van der Waals surface area contributed by atoms with E-state index >= 15 is 0 Å². The maximum atomic E-state index is 12.3. The van der Waals surface area contributed by atoms with E-state index in [1.54, 1.807) is 6.92 Å². The van der Waals surface area contributed by atoms with E-state index in [1.165, 1.54) is 12.8 Å². The van der Waals surface area contributed by atoms with E-state index in [2.05, 4.69) is 15.1 Å². The molecular formula is C14H26N4O2S. The van der Waals surface area contributed by atoms with Crippen molar-refractivity contribution >= 4 is 10.0 Å². The second kappa shape index (κ2) is 6.89. The van der Waals surface area contributed by atoms with Gasteiger partial charge in [0.15, 0.2) is 0 Å². The fraction of sp³-hybridized carbons (Fsp3) is 0.786. The molecule has 1 aliphatic carbocycles. The molecule has 2 N–H and O–H groups in total. The van der Waals surface area contributed by atoms with Gasteiger partial charge in [-0.1, -0.05) is 6.92 Å². The van der Waals surface area contributed by atoms with Gasteiger partial charge in [-0.15, -0.1) is 0 Å². The van der Waals surface area contributed by atoms with Gasteiger partial charge in [-0.25, -0.2) is 13.1 Å². The van der Waals surface area contributed by atoms with E-state index < -0.39 is 10.0 Å². The quantitative estimate of drug-likeness (QED) is 0.674. The van der Waals surface area contributed by atoms with E-state index in [9.17, 15) is 8.42 Å². The van der Waals surface area contributed by atoms with Crippen LogP contribution in [-0.4, -0.2) is 37.3 Å². The Bertz CT molecular complexity index is 576. The van der Waals surface area contributed by atoms with Crippen molar-refractivity contribution in [1.29, 1.82) is 0 Å². The molecule has 0 unspecified atom stereocenters. The molecule has 0 aromatic carbocycles. The predicted octanol–water partition coefficient (Wildman–Crippen LogP) is 1.33. The average Bonchev–Trinajstić information content (AvgIpc) is 3.19. The van der Waals surface area contributed by atoms with Crippen LogP contribution in [0.25, 0.3) is 0 Å². The normalized spacial score (nSPS) is 15.6. The van der Waals surface area contributed by atoms with Gasteiger partial charge in [0, 0.05) is 19.1 Å². The van der Waals surface area contributed by atoms with E-state index in [0.29, 0.717) is 23.2 Å². The maximum Gasteiger partial charge on any atom is 0.244 e. The van der Waals surface area contributed by atoms with Crippen molar-refractivity contribution in [2.75, 3.05) is 13.1 Å². The van der Waals surface area contributed by atoms with Crippen LogP contribution in [0, 0.1) is 13.8 Å². The molecule has 0 bridgehead atoms. The highest BCUT2D eigenvalue weighted by Crippen LogP contribution is 2.20. The highest BCUT2D eigenvalue weighted by atomic mass is 32.2. The number of sulfonamides is 1. The number of hydrogen-bond donors (Lipinski definition) is 2. The number of rotatable bonds is 9. The standard InChI is InChI=1S/C14H26N4O2S/c1-4-8-16-21(19,20)14-11(2)17-18(12(14)3)10-5-9-15-13-6-7-13/h13,15-16H,4-10H2,1-3H3. The van der Waals surface area contributed by atoms with Gasteiger partial charge < -0.3 is 5.32 Å². The second-order valence-electron chi connectivity index (χ2n) is 5.70. The third-order valence-corrected chi connectivity index (χ3v) is 5.40. The SMILES string of the molecule is CCCNS(=O)(=O)c1c(C)nn(CCCNC2CC2)c1C. The molecular weight excluding hydrogens is 288 g/mol. The van der Waals surface area contributed by atoms with Crippen LogP contribution in [-0.2, 0) is 16.6 Å². The Morgan fingerprint density at radius 1 is 1.29 bits per heavy atom. The summed E-state index contributed by atoms with van der Waals surface area (Å²) >= 11 is 0. The van der Waals surface area contributed by atoms with Crippen molar-refractivity contribution in [1.82, 2.24) is 19.8 Å². The van der Waals surface area contributed by atoms with Crippen molar-refractivity contribution in [3.8, 4) is 0 Å². The summed E-state index contributed by atoms with van der Waals surface area (Å²) in [4.78, 5) is 0.339. The van der Waals surface area contributed by atoms with Gasteiger partial charge in [-0.05, 0) is 46.1 Å². The van der Waals surface area contributed by atoms with E-state index in [1.807, 2.05) is 18.5 Å². The van der Waals surface area contributed by atoms with Crippen molar-refractivity contribution < 1.29 is 8.42 Å². The Balaban J connectivity index is 2.01. The fourth-order valence-electron chi connectivity index (χ4n) is 2.42. The molecule has 6 nitrogen and oxygen atoms in total. The van der Waals surface area contributed by atoms with Gasteiger partial charge >= 0.3 is 0 Å². The summed E-state index contributed by atoms with van der Waals surface area (Å²) in [6, 6.07) is 0.708. The van der Waals surface area contributed by atoms with Gasteiger partial charge in [0.25, 0.3) is 0 Å². The maximum absolute atomic E-state index is 12.3. The molecule has 7 heteroatoms. The summed E-state index contributed by atoms with van der Waals surface area (Å²) < 4.78 is 29.0. The van der Waals surface area contributed by atoms with Crippen LogP contribution >= 0.6 is 0 Å². The van der Waals surface area contributed by atoms with Crippen LogP contribution < -0.4 is 10.0 Å². The number of nitrogens with one attached hydrogen (secondary N) is 2. The van der Waals surface area contributed by atoms with Gasteiger partial charge in [0.2, 0.25) is 10.0 Å². The Kier molecular flexibility index (Phi) is 5.40. The Labute approximate surface area is 127 Å². The summed E-state index contributed by atoms with van der Waals surface area (Å²) in [5, 5.41) is 7.84. The topological polar surface area (TPSA) is 76.0 Å². The molecule has 1 aromatic rings. The minimum atomic E-state index is -3.45. The van der Waals surface area contributed by atoms with Crippen molar-refractivity contribution in [3.63, 3.8) is 0 Å². The molecule has 0 radical (unpaired) electrons. The minimum Gasteiger partial charge on any atom is -0.314 e. The third-order valence-electron chi connectivity index (χ3n) is 3.68. The monoisotopic (exact) mass is 314 g/mol. The van der Waals surface area contributed by atoms with Crippen LogP contribution in [0.2, 0.25) is 0 Å². The van der Waals surface area contributed by atoms with Gasteiger partial charge in [0.05, 0.1) is 11.4 Å². The zero-order valence-corrected chi connectivity index (χ0v) is 14.0. The van der Waals surface area contributed by atoms with Gasteiger partial charge in [-0.2, -0.15) is 5.10 Å². The van der Waals surface area contributed by atoms with E-state index in [4.69, 9.17) is 0 Å². The highest BCUT2D eigenvalue weighted by molar-refractivity contribution is 7.89. The lowest BCUT2D eigenvalue weighted by Crippen LogP contribution is -2.25. The van der Waals surface area contributed by atoms with E-state index in [-0.39, 0.29) is 0 Å². The minimum absolute atomic E-state index is 0.339. The molecule has 0 amide bonds.